The third-order valence-electron chi connectivity index (χ3n) is 5.71. The zero-order chi connectivity index (χ0) is 17.8. The Labute approximate surface area is 155 Å². The second-order valence-electron chi connectivity index (χ2n) is 7.47. The molecule has 1 unspecified atom stereocenters. The first-order chi connectivity index (χ1) is 12.8. The van der Waals surface area contributed by atoms with Crippen LogP contribution in [0.25, 0.3) is 0 Å². The summed E-state index contributed by atoms with van der Waals surface area (Å²) >= 11 is 0. The topological polar surface area (TPSA) is 39.5 Å². The lowest BCUT2D eigenvalue weighted by Crippen LogP contribution is -2.38. The van der Waals surface area contributed by atoms with Gasteiger partial charge in [0.25, 0.3) is 0 Å². The minimum atomic E-state index is 0.270. The molecule has 0 spiro atoms. The fraction of sp³-hybridized carbons (Fsp3) is 0.571. The van der Waals surface area contributed by atoms with E-state index in [1.54, 1.807) is 7.11 Å². The summed E-state index contributed by atoms with van der Waals surface area (Å²) in [5, 5.41) is 4.76. The molecule has 0 amide bonds. The van der Waals surface area contributed by atoms with Crippen molar-refractivity contribution in [3.63, 3.8) is 0 Å². The highest BCUT2D eigenvalue weighted by atomic mass is 16.5. The molecule has 4 rings (SSSR count). The molecule has 1 fully saturated rings. The summed E-state index contributed by atoms with van der Waals surface area (Å²) in [5.41, 5.74) is 4.11. The molecule has 1 aromatic heterocycles. The zero-order valence-electron chi connectivity index (χ0n) is 15.6. The molecule has 0 bridgehead atoms. The van der Waals surface area contributed by atoms with E-state index >= 15 is 0 Å². The Morgan fingerprint density at radius 2 is 2.00 bits per heavy atom. The molecule has 1 saturated heterocycles. The van der Waals surface area contributed by atoms with Crippen LogP contribution in [-0.4, -0.2) is 48.2 Å². The molecule has 26 heavy (non-hydrogen) atoms. The Bertz CT molecular complexity index is 695. The molecule has 5 heteroatoms. The monoisotopic (exact) mass is 355 g/mol. The van der Waals surface area contributed by atoms with Crippen LogP contribution in [0.1, 0.15) is 35.7 Å². The van der Waals surface area contributed by atoms with Crippen molar-refractivity contribution in [2.75, 3.05) is 33.5 Å². The predicted molar refractivity (Wildman–Crippen MR) is 101 cm³/mol. The highest BCUT2D eigenvalue weighted by Gasteiger charge is 2.32. The first-order valence-corrected chi connectivity index (χ1v) is 9.74. The fourth-order valence-corrected chi connectivity index (χ4v) is 4.27. The fourth-order valence-electron chi connectivity index (χ4n) is 4.27. The SMILES string of the molecule is COCC1c2c(cnn2CC2CCOCC2)CCN1Cc1ccccc1. The van der Waals surface area contributed by atoms with E-state index < -0.39 is 0 Å². The summed E-state index contributed by atoms with van der Waals surface area (Å²) in [4.78, 5) is 2.54. The second kappa shape index (κ2) is 8.33. The van der Waals surface area contributed by atoms with E-state index in [2.05, 4.69) is 46.1 Å². The van der Waals surface area contributed by atoms with Crippen molar-refractivity contribution in [1.29, 1.82) is 0 Å². The van der Waals surface area contributed by atoms with Crippen LogP contribution in [0.5, 0.6) is 0 Å². The van der Waals surface area contributed by atoms with Gasteiger partial charge in [0.2, 0.25) is 0 Å². The summed E-state index contributed by atoms with van der Waals surface area (Å²) in [6.07, 6.45) is 5.42. The Morgan fingerprint density at radius 3 is 2.77 bits per heavy atom. The van der Waals surface area contributed by atoms with Gasteiger partial charge in [-0.2, -0.15) is 5.10 Å². The van der Waals surface area contributed by atoms with Gasteiger partial charge in [-0.1, -0.05) is 30.3 Å². The first kappa shape index (κ1) is 17.7. The van der Waals surface area contributed by atoms with Gasteiger partial charge in [0.05, 0.1) is 24.5 Å². The first-order valence-electron chi connectivity index (χ1n) is 9.74. The maximum Gasteiger partial charge on any atom is 0.0760 e. The third-order valence-corrected chi connectivity index (χ3v) is 5.71. The van der Waals surface area contributed by atoms with E-state index in [1.165, 1.54) is 16.8 Å². The molecular formula is C21H29N3O2. The molecule has 2 aromatic rings. The summed E-state index contributed by atoms with van der Waals surface area (Å²) in [6.45, 7) is 5.48. The average molecular weight is 355 g/mol. The molecule has 3 heterocycles. The molecule has 0 aliphatic carbocycles. The lowest BCUT2D eigenvalue weighted by atomic mass is 9.97. The van der Waals surface area contributed by atoms with E-state index in [4.69, 9.17) is 14.6 Å². The summed E-state index contributed by atoms with van der Waals surface area (Å²) in [6, 6.07) is 11.0. The number of hydrogen-bond acceptors (Lipinski definition) is 4. The van der Waals surface area contributed by atoms with Crippen LogP contribution in [0, 0.1) is 5.92 Å². The maximum atomic E-state index is 5.62. The zero-order valence-corrected chi connectivity index (χ0v) is 15.6. The predicted octanol–water partition coefficient (Wildman–Crippen LogP) is 3.06. The number of ether oxygens (including phenoxy) is 2. The summed E-state index contributed by atoms with van der Waals surface area (Å²) < 4.78 is 13.4. The van der Waals surface area contributed by atoms with Gasteiger partial charge in [-0.15, -0.1) is 0 Å². The number of rotatable bonds is 6. The van der Waals surface area contributed by atoms with Crippen LogP contribution in [0.15, 0.2) is 36.5 Å². The average Bonchev–Trinajstić information content (AvgIpc) is 3.08. The maximum absolute atomic E-state index is 5.62. The minimum Gasteiger partial charge on any atom is -0.383 e. The van der Waals surface area contributed by atoms with Gasteiger partial charge in [0, 0.05) is 40.0 Å². The lowest BCUT2D eigenvalue weighted by molar-refractivity contribution is 0.0545. The summed E-state index contributed by atoms with van der Waals surface area (Å²) in [5.74, 6) is 0.667. The Kier molecular flexibility index (Phi) is 5.68. The molecule has 2 aliphatic rings. The van der Waals surface area contributed by atoms with Crippen LogP contribution in [0.4, 0.5) is 0 Å². The van der Waals surface area contributed by atoms with E-state index in [9.17, 15) is 0 Å². The van der Waals surface area contributed by atoms with E-state index in [-0.39, 0.29) is 6.04 Å². The second-order valence-corrected chi connectivity index (χ2v) is 7.47. The molecule has 1 aromatic carbocycles. The van der Waals surface area contributed by atoms with Crippen LogP contribution < -0.4 is 0 Å². The van der Waals surface area contributed by atoms with Gasteiger partial charge in [0.1, 0.15) is 0 Å². The van der Waals surface area contributed by atoms with Crippen LogP contribution in [0.3, 0.4) is 0 Å². The van der Waals surface area contributed by atoms with E-state index in [1.807, 2.05) is 0 Å². The van der Waals surface area contributed by atoms with E-state index in [0.717, 1.165) is 52.1 Å². The van der Waals surface area contributed by atoms with Crippen molar-refractivity contribution >= 4 is 0 Å². The van der Waals surface area contributed by atoms with Crippen molar-refractivity contribution in [1.82, 2.24) is 14.7 Å². The van der Waals surface area contributed by atoms with Crippen LogP contribution >= 0.6 is 0 Å². The number of nitrogens with zero attached hydrogens (tertiary/aromatic N) is 3. The number of benzene rings is 1. The van der Waals surface area contributed by atoms with Gasteiger partial charge in [-0.25, -0.2) is 0 Å². The largest absolute Gasteiger partial charge is 0.383 e. The molecule has 0 N–H and O–H groups in total. The Morgan fingerprint density at radius 1 is 1.19 bits per heavy atom. The number of methoxy groups -OCH3 is 1. The molecule has 2 aliphatic heterocycles. The van der Waals surface area contributed by atoms with Crippen molar-refractivity contribution in [2.45, 2.75) is 38.4 Å². The van der Waals surface area contributed by atoms with Gasteiger partial charge >= 0.3 is 0 Å². The number of aromatic nitrogens is 2. The van der Waals surface area contributed by atoms with Gasteiger partial charge in [-0.05, 0) is 36.3 Å². The number of hydrogen-bond donors (Lipinski definition) is 0. The molecule has 0 radical (unpaired) electrons. The Hall–Kier alpha value is -1.69. The van der Waals surface area contributed by atoms with Gasteiger partial charge in [-0.3, -0.25) is 9.58 Å². The van der Waals surface area contributed by atoms with Gasteiger partial charge in [0.15, 0.2) is 0 Å². The van der Waals surface area contributed by atoms with Crippen LogP contribution in [0.2, 0.25) is 0 Å². The van der Waals surface area contributed by atoms with Crippen LogP contribution in [-0.2, 0) is 29.0 Å². The Balaban J connectivity index is 1.56. The standard InChI is InChI=1S/C21H29N3O2/c1-25-16-20-21-19(7-10-23(20)14-17-5-3-2-4-6-17)13-22-24(21)15-18-8-11-26-12-9-18/h2-6,13,18,20H,7-12,14-16H2,1H3. The molecule has 140 valence electrons. The van der Waals surface area contributed by atoms with E-state index in [0.29, 0.717) is 12.5 Å². The van der Waals surface area contributed by atoms with Crippen molar-refractivity contribution < 1.29 is 9.47 Å². The molecule has 1 atom stereocenters. The smallest absolute Gasteiger partial charge is 0.0760 e. The third kappa shape index (κ3) is 3.85. The quantitative estimate of drug-likeness (QED) is 0.798. The van der Waals surface area contributed by atoms with Crippen molar-refractivity contribution in [3.8, 4) is 0 Å². The minimum absolute atomic E-state index is 0.270. The lowest BCUT2D eigenvalue weighted by Gasteiger charge is -2.36. The normalized spacial score (nSPS) is 21.7. The van der Waals surface area contributed by atoms with Gasteiger partial charge < -0.3 is 9.47 Å². The highest BCUT2D eigenvalue weighted by Crippen LogP contribution is 2.32. The van der Waals surface area contributed by atoms with Crippen molar-refractivity contribution in [3.05, 3.63) is 53.3 Å². The highest BCUT2D eigenvalue weighted by molar-refractivity contribution is 5.26. The summed E-state index contributed by atoms with van der Waals surface area (Å²) in [7, 11) is 1.80. The molecule has 0 saturated carbocycles. The molecule has 5 nitrogen and oxygen atoms in total. The van der Waals surface area contributed by atoms with Crippen molar-refractivity contribution in [2.24, 2.45) is 5.92 Å². The number of fused-ring (bicyclic) bond motifs is 1. The molecular weight excluding hydrogens is 326 g/mol.